The third-order valence-electron chi connectivity index (χ3n) is 6.31. The number of carbonyl (C=O) groups excluding carboxylic acids is 2. The highest BCUT2D eigenvalue weighted by Crippen LogP contribution is 2.26. The van der Waals surface area contributed by atoms with Gasteiger partial charge in [0.05, 0.1) is 10.6 Å². The van der Waals surface area contributed by atoms with Crippen molar-refractivity contribution in [1.82, 2.24) is 10.2 Å². The molecule has 0 atom stereocenters. The zero-order valence-corrected chi connectivity index (χ0v) is 21.4. The standard InChI is InChI=1S/C28H31N3O4S/c1-21-12-14-25(15-13-21)36(34,35)31(26-10-4-3-7-22(26)2)20-27(32)29-18-23-8-5-9-24(17-23)19-30-16-6-11-28(30)33/h3-5,7-10,12-15,17H,6,11,16,18-20H2,1-2H3,(H,29,32). The monoisotopic (exact) mass is 505 g/mol. The summed E-state index contributed by atoms with van der Waals surface area (Å²) in [5, 5.41) is 2.86. The Morgan fingerprint density at radius 2 is 1.69 bits per heavy atom. The number of sulfonamides is 1. The van der Waals surface area contributed by atoms with Crippen LogP contribution in [0.3, 0.4) is 0 Å². The lowest BCUT2D eigenvalue weighted by molar-refractivity contribution is -0.128. The second-order valence-electron chi connectivity index (χ2n) is 9.13. The number of para-hydroxylation sites is 1. The Bertz CT molecular complexity index is 1350. The second-order valence-corrected chi connectivity index (χ2v) is 11.0. The van der Waals surface area contributed by atoms with E-state index in [2.05, 4.69) is 5.32 Å². The van der Waals surface area contributed by atoms with Crippen LogP contribution in [-0.4, -0.2) is 38.2 Å². The molecule has 3 aromatic rings. The summed E-state index contributed by atoms with van der Waals surface area (Å²) in [4.78, 5) is 26.9. The maximum atomic E-state index is 13.6. The minimum Gasteiger partial charge on any atom is -0.350 e. The molecule has 0 aromatic heterocycles. The molecule has 8 heteroatoms. The zero-order chi connectivity index (χ0) is 25.7. The molecule has 1 saturated heterocycles. The Kier molecular flexibility index (Phi) is 7.74. The van der Waals surface area contributed by atoms with Gasteiger partial charge in [-0.2, -0.15) is 0 Å². The number of carbonyl (C=O) groups is 2. The Morgan fingerprint density at radius 1 is 0.972 bits per heavy atom. The number of amides is 2. The Labute approximate surface area is 212 Å². The maximum absolute atomic E-state index is 13.6. The zero-order valence-electron chi connectivity index (χ0n) is 20.6. The maximum Gasteiger partial charge on any atom is 0.264 e. The molecule has 4 rings (SSSR count). The average Bonchev–Trinajstić information content (AvgIpc) is 3.26. The smallest absolute Gasteiger partial charge is 0.264 e. The van der Waals surface area contributed by atoms with Gasteiger partial charge in [-0.1, -0.05) is 60.2 Å². The van der Waals surface area contributed by atoms with E-state index in [4.69, 9.17) is 0 Å². The number of nitrogens with one attached hydrogen (secondary N) is 1. The van der Waals surface area contributed by atoms with E-state index in [-0.39, 0.29) is 23.9 Å². The van der Waals surface area contributed by atoms with Crippen LogP contribution in [0.25, 0.3) is 0 Å². The first-order valence-corrected chi connectivity index (χ1v) is 13.5. The molecule has 7 nitrogen and oxygen atoms in total. The molecule has 0 radical (unpaired) electrons. The fourth-order valence-electron chi connectivity index (χ4n) is 4.30. The molecule has 0 unspecified atom stereocenters. The third kappa shape index (κ3) is 5.94. The van der Waals surface area contributed by atoms with Crippen LogP contribution in [0.15, 0.2) is 77.7 Å². The molecule has 0 aliphatic carbocycles. The van der Waals surface area contributed by atoms with Crippen LogP contribution in [0.5, 0.6) is 0 Å². The van der Waals surface area contributed by atoms with Gasteiger partial charge in [0.15, 0.2) is 0 Å². The van der Waals surface area contributed by atoms with Gasteiger partial charge in [0, 0.05) is 26.1 Å². The fraction of sp³-hybridized carbons (Fsp3) is 0.286. The summed E-state index contributed by atoms with van der Waals surface area (Å²) in [6.07, 6.45) is 1.48. The van der Waals surface area contributed by atoms with E-state index in [1.165, 1.54) is 0 Å². The van der Waals surface area contributed by atoms with E-state index < -0.39 is 15.9 Å². The largest absolute Gasteiger partial charge is 0.350 e. The summed E-state index contributed by atoms with van der Waals surface area (Å²) in [7, 11) is -3.96. The van der Waals surface area contributed by atoms with Crippen molar-refractivity contribution in [2.45, 2.75) is 44.7 Å². The third-order valence-corrected chi connectivity index (χ3v) is 8.08. The molecule has 1 N–H and O–H groups in total. The minimum atomic E-state index is -3.96. The van der Waals surface area contributed by atoms with Crippen molar-refractivity contribution in [3.8, 4) is 0 Å². The molecule has 2 amide bonds. The van der Waals surface area contributed by atoms with Crippen LogP contribution in [-0.2, 0) is 32.7 Å². The number of aryl methyl sites for hydroxylation is 2. The summed E-state index contributed by atoms with van der Waals surface area (Å²) in [5.41, 5.74) is 4.05. The summed E-state index contributed by atoms with van der Waals surface area (Å²) in [5.74, 6) is -0.242. The molecule has 0 bridgehead atoms. The number of hydrogen-bond acceptors (Lipinski definition) is 4. The van der Waals surface area contributed by atoms with Crippen molar-refractivity contribution in [2.75, 3.05) is 17.4 Å². The normalized spacial score (nSPS) is 13.6. The van der Waals surface area contributed by atoms with Crippen molar-refractivity contribution < 1.29 is 18.0 Å². The van der Waals surface area contributed by atoms with E-state index in [0.717, 1.165) is 39.5 Å². The van der Waals surface area contributed by atoms with Crippen molar-refractivity contribution in [2.24, 2.45) is 0 Å². The number of nitrogens with zero attached hydrogens (tertiary/aromatic N) is 2. The van der Waals surface area contributed by atoms with Gasteiger partial charge in [-0.15, -0.1) is 0 Å². The molecule has 36 heavy (non-hydrogen) atoms. The molecular weight excluding hydrogens is 474 g/mol. The second kappa shape index (κ2) is 11.0. The first kappa shape index (κ1) is 25.4. The van der Waals surface area contributed by atoms with Crippen molar-refractivity contribution in [1.29, 1.82) is 0 Å². The molecule has 0 saturated carbocycles. The van der Waals surface area contributed by atoms with Gasteiger partial charge < -0.3 is 10.2 Å². The molecular formula is C28H31N3O4S. The molecule has 0 spiro atoms. The molecule has 1 aliphatic rings. The molecule has 188 valence electrons. The van der Waals surface area contributed by atoms with E-state index in [9.17, 15) is 18.0 Å². The van der Waals surface area contributed by atoms with E-state index in [1.807, 2.05) is 55.1 Å². The molecule has 1 heterocycles. The first-order chi connectivity index (χ1) is 17.2. The highest BCUT2D eigenvalue weighted by atomic mass is 32.2. The quantitative estimate of drug-likeness (QED) is 0.477. The van der Waals surface area contributed by atoms with Gasteiger partial charge >= 0.3 is 0 Å². The summed E-state index contributed by atoms with van der Waals surface area (Å²) >= 11 is 0. The van der Waals surface area contributed by atoms with E-state index in [0.29, 0.717) is 18.7 Å². The fourth-order valence-corrected chi connectivity index (χ4v) is 5.78. The highest BCUT2D eigenvalue weighted by Gasteiger charge is 2.28. The van der Waals surface area contributed by atoms with Crippen molar-refractivity contribution >= 4 is 27.5 Å². The van der Waals surface area contributed by atoms with Crippen molar-refractivity contribution in [3.63, 3.8) is 0 Å². The van der Waals surface area contributed by atoms with Crippen LogP contribution >= 0.6 is 0 Å². The number of benzene rings is 3. The van der Waals surface area contributed by atoms with Gasteiger partial charge in [0.25, 0.3) is 10.0 Å². The predicted molar refractivity (Wildman–Crippen MR) is 140 cm³/mol. The molecule has 1 aliphatic heterocycles. The van der Waals surface area contributed by atoms with E-state index in [1.54, 1.807) is 36.4 Å². The van der Waals surface area contributed by atoms with Gasteiger partial charge in [0.1, 0.15) is 6.54 Å². The summed E-state index contributed by atoms with van der Waals surface area (Å²) in [6, 6.07) is 21.5. The molecule has 3 aromatic carbocycles. The highest BCUT2D eigenvalue weighted by molar-refractivity contribution is 7.92. The van der Waals surface area contributed by atoms with Gasteiger partial charge in [-0.3, -0.25) is 13.9 Å². The van der Waals surface area contributed by atoms with Crippen LogP contribution in [0.1, 0.15) is 35.1 Å². The Morgan fingerprint density at radius 3 is 2.39 bits per heavy atom. The number of anilines is 1. The SMILES string of the molecule is Cc1ccc(S(=O)(=O)N(CC(=O)NCc2cccc(CN3CCCC3=O)c2)c2ccccc2C)cc1. The summed E-state index contributed by atoms with van der Waals surface area (Å²) < 4.78 is 28.3. The lowest BCUT2D eigenvalue weighted by Crippen LogP contribution is -2.41. The number of hydrogen-bond donors (Lipinski definition) is 1. The van der Waals surface area contributed by atoms with Gasteiger partial charge in [-0.05, 0) is 55.2 Å². The number of rotatable bonds is 9. The lowest BCUT2D eigenvalue weighted by Gasteiger charge is -2.25. The lowest BCUT2D eigenvalue weighted by atomic mass is 10.1. The summed E-state index contributed by atoms with van der Waals surface area (Å²) in [6.45, 7) is 4.94. The molecule has 1 fully saturated rings. The predicted octanol–water partition coefficient (Wildman–Crippen LogP) is 3.94. The van der Waals surface area contributed by atoms with Crippen molar-refractivity contribution in [3.05, 3.63) is 95.1 Å². The van der Waals surface area contributed by atoms with Crippen LogP contribution in [0.4, 0.5) is 5.69 Å². The van der Waals surface area contributed by atoms with Crippen LogP contribution < -0.4 is 9.62 Å². The Balaban J connectivity index is 1.49. The minimum absolute atomic E-state index is 0.133. The van der Waals surface area contributed by atoms with Crippen LogP contribution in [0, 0.1) is 13.8 Å². The number of likely N-dealkylation sites (tertiary alicyclic amines) is 1. The average molecular weight is 506 g/mol. The van der Waals surface area contributed by atoms with Gasteiger partial charge in [-0.25, -0.2) is 8.42 Å². The van der Waals surface area contributed by atoms with E-state index >= 15 is 0 Å². The van der Waals surface area contributed by atoms with Gasteiger partial charge in [0.2, 0.25) is 11.8 Å². The Hall–Kier alpha value is -3.65. The topological polar surface area (TPSA) is 86.8 Å². The first-order valence-electron chi connectivity index (χ1n) is 12.0. The van der Waals surface area contributed by atoms with Crippen LogP contribution in [0.2, 0.25) is 0 Å².